The van der Waals surface area contributed by atoms with Gasteiger partial charge in [0.1, 0.15) is 11.3 Å². The summed E-state index contributed by atoms with van der Waals surface area (Å²) in [6.07, 6.45) is 5.11. The van der Waals surface area contributed by atoms with E-state index in [0.717, 1.165) is 23.5 Å². The van der Waals surface area contributed by atoms with E-state index in [1.54, 1.807) is 6.20 Å². The number of hydrogen-bond donors (Lipinski definition) is 1. The SMILES string of the molecule is CCCc1nnc(NC(=O)CN(C)C(C)c2ccncn2)s1. The van der Waals surface area contributed by atoms with Crippen LogP contribution in [0.2, 0.25) is 0 Å². The molecule has 2 rings (SSSR count). The van der Waals surface area contributed by atoms with Crippen molar-refractivity contribution in [1.82, 2.24) is 25.1 Å². The first kappa shape index (κ1) is 16.4. The fourth-order valence-electron chi connectivity index (χ4n) is 1.92. The maximum absolute atomic E-state index is 12.1. The Morgan fingerprint density at radius 3 is 2.95 bits per heavy atom. The van der Waals surface area contributed by atoms with Crippen molar-refractivity contribution < 1.29 is 4.79 Å². The number of carbonyl (C=O) groups is 1. The van der Waals surface area contributed by atoms with Gasteiger partial charge in [-0.2, -0.15) is 0 Å². The molecular weight excluding hydrogens is 300 g/mol. The second-order valence-electron chi connectivity index (χ2n) is 5.02. The number of carbonyl (C=O) groups excluding carboxylic acids is 1. The number of rotatable bonds is 7. The molecule has 0 radical (unpaired) electrons. The van der Waals surface area contributed by atoms with Crippen molar-refractivity contribution in [3.63, 3.8) is 0 Å². The van der Waals surface area contributed by atoms with Crippen LogP contribution in [0.25, 0.3) is 0 Å². The van der Waals surface area contributed by atoms with E-state index >= 15 is 0 Å². The molecule has 1 N–H and O–H groups in total. The normalized spacial score (nSPS) is 12.4. The predicted molar refractivity (Wildman–Crippen MR) is 85.6 cm³/mol. The van der Waals surface area contributed by atoms with Crippen molar-refractivity contribution in [2.24, 2.45) is 0 Å². The minimum absolute atomic E-state index is 0.0267. The largest absolute Gasteiger partial charge is 0.299 e. The summed E-state index contributed by atoms with van der Waals surface area (Å²) in [5.74, 6) is -0.109. The number of hydrogen-bond acceptors (Lipinski definition) is 7. The van der Waals surface area contributed by atoms with Gasteiger partial charge in [-0.15, -0.1) is 10.2 Å². The highest BCUT2D eigenvalue weighted by Gasteiger charge is 2.16. The Balaban J connectivity index is 1.88. The van der Waals surface area contributed by atoms with Crippen LogP contribution in [0.5, 0.6) is 0 Å². The highest BCUT2D eigenvalue weighted by molar-refractivity contribution is 7.15. The molecule has 1 unspecified atom stereocenters. The quantitative estimate of drug-likeness (QED) is 0.839. The summed E-state index contributed by atoms with van der Waals surface area (Å²) in [5.41, 5.74) is 0.881. The number of amides is 1. The average Bonchev–Trinajstić information content (AvgIpc) is 2.94. The molecule has 0 fully saturated rings. The van der Waals surface area contributed by atoms with Crippen LogP contribution in [0.4, 0.5) is 5.13 Å². The Morgan fingerprint density at radius 2 is 2.27 bits per heavy atom. The third-order valence-electron chi connectivity index (χ3n) is 3.26. The summed E-state index contributed by atoms with van der Waals surface area (Å²) in [4.78, 5) is 22.1. The lowest BCUT2D eigenvalue weighted by molar-refractivity contribution is -0.117. The first-order valence-corrected chi connectivity index (χ1v) is 8.00. The molecule has 118 valence electrons. The van der Waals surface area contributed by atoms with Crippen LogP contribution in [0, 0.1) is 0 Å². The summed E-state index contributed by atoms with van der Waals surface area (Å²) in [6.45, 7) is 4.34. The summed E-state index contributed by atoms with van der Waals surface area (Å²) in [6, 6.07) is 1.87. The van der Waals surface area contributed by atoms with Crippen molar-refractivity contribution in [3.05, 3.63) is 29.3 Å². The smallest absolute Gasteiger partial charge is 0.240 e. The molecule has 2 aromatic heterocycles. The molecule has 2 aromatic rings. The van der Waals surface area contributed by atoms with Gasteiger partial charge in [0.15, 0.2) is 0 Å². The third-order valence-corrected chi connectivity index (χ3v) is 4.16. The number of likely N-dealkylation sites (N-methyl/N-ethyl adjacent to an activating group) is 1. The van der Waals surface area contributed by atoms with Crippen molar-refractivity contribution in [2.75, 3.05) is 18.9 Å². The number of anilines is 1. The zero-order chi connectivity index (χ0) is 15.9. The van der Waals surface area contributed by atoms with Gasteiger partial charge >= 0.3 is 0 Å². The second kappa shape index (κ2) is 7.90. The summed E-state index contributed by atoms with van der Waals surface area (Å²) in [7, 11) is 1.88. The van der Waals surface area contributed by atoms with Gasteiger partial charge in [-0.3, -0.25) is 15.0 Å². The summed E-state index contributed by atoms with van der Waals surface area (Å²) < 4.78 is 0. The monoisotopic (exact) mass is 320 g/mol. The van der Waals surface area contributed by atoms with E-state index in [0.29, 0.717) is 5.13 Å². The molecule has 0 aliphatic carbocycles. The Bertz CT molecular complexity index is 602. The van der Waals surface area contributed by atoms with Gasteiger partial charge in [-0.25, -0.2) is 9.97 Å². The van der Waals surface area contributed by atoms with Crippen LogP contribution < -0.4 is 5.32 Å². The van der Waals surface area contributed by atoms with Crippen LogP contribution in [0.3, 0.4) is 0 Å². The van der Waals surface area contributed by atoms with E-state index < -0.39 is 0 Å². The van der Waals surface area contributed by atoms with Gasteiger partial charge in [0.05, 0.1) is 12.2 Å². The number of nitrogens with zero attached hydrogens (tertiary/aromatic N) is 5. The lowest BCUT2D eigenvalue weighted by Gasteiger charge is -2.23. The molecule has 0 aromatic carbocycles. The number of aromatic nitrogens is 4. The summed E-state index contributed by atoms with van der Waals surface area (Å²) >= 11 is 1.42. The molecule has 0 saturated heterocycles. The van der Waals surface area contributed by atoms with Crippen molar-refractivity contribution in [3.8, 4) is 0 Å². The van der Waals surface area contributed by atoms with Gasteiger partial charge in [-0.1, -0.05) is 18.3 Å². The van der Waals surface area contributed by atoms with Crippen LogP contribution in [0.15, 0.2) is 18.6 Å². The van der Waals surface area contributed by atoms with Gasteiger partial charge in [-0.05, 0) is 26.5 Å². The zero-order valence-electron chi connectivity index (χ0n) is 13.0. The Hall–Kier alpha value is -1.93. The van der Waals surface area contributed by atoms with E-state index in [1.165, 1.54) is 17.7 Å². The van der Waals surface area contributed by atoms with E-state index in [4.69, 9.17) is 0 Å². The van der Waals surface area contributed by atoms with Gasteiger partial charge in [0.2, 0.25) is 11.0 Å². The van der Waals surface area contributed by atoms with Crippen LogP contribution in [-0.4, -0.2) is 44.6 Å². The minimum atomic E-state index is -0.109. The Labute approximate surface area is 133 Å². The standard InChI is InChI=1S/C14H20N6OS/c1-4-5-13-18-19-14(22-13)17-12(21)8-20(3)10(2)11-6-7-15-9-16-11/h6-7,9-10H,4-5,8H2,1-3H3,(H,17,19,21). The fraction of sp³-hybridized carbons (Fsp3) is 0.500. The molecule has 22 heavy (non-hydrogen) atoms. The molecule has 8 heteroatoms. The minimum Gasteiger partial charge on any atom is -0.299 e. The van der Waals surface area contributed by atoms with E-state index in [-0.39, 0.29) is 18.5 Å². The average molecular weight is 320 g/mol. The summed E-state index contributed by atoms with van der Waals surface area (Å²) in [5, 5.41) is 12.3. The maximum Gasteiger partial charge on any atom is 0.240 e. The van der Waals surface area contributed by atoms with Crippen molar-refractivity contribution in [2.45, 2.75) is 32.7 Å². The predicted octanol–water partition coefficient (Wildman–Crippen LogP) is 1.91. The van der Waals surface area contributed by atoms with Crippen molar-refractivity contribution >= 4 is 22.4 Å². The Morgan fingerprint density at radius 1 is 1.45 bits per heavy atom. The fourth-order valence-corrected chi connectivity index (χ4v) is 2.77. The van der Waals surface area contributed by atoms with Crippen LogP contribution in [-0.2, 0) is 11.2 Å². The first-order chi connectivity index (χ1) is 10.6. The Kier molecular flexibility index (Phi) is 5.91. The molecule has 0 spiro atoms. The zero-order valence-corrected chi connectivity index (χ0v) is 13.8. The lowest BCUT2D eigenvalue weighted by Crippen LogP contribution is -2.32. The van der Waals surface area contributed by atoms with E-state index in [1.807, 2.05) is 24.9 Å². The van der Waals surface area contributed by atoms with Crippen molar-refractivity contribution in [1.29, 1.82) is 0 Å². The lowest BCUT2D eigenvalue weighted by atomic mass is 10.2. The van der Waals surface area contributed by atoms with Crippen LogP contribution >= 0.6 is 11.3 Å². The molecule has 1 amide bonds. The first-order valence-electron chi connectivity index (χ1n) is 7.18. The molecule has 0 aliphatic rings. The highest BCUT2D eigenvalue weighted by Crippen LogP contribution is 2.18. The maximum atomic E-state index is 12.1. The molecule has 0 bridgehead atoms. The topological polar surface area (TPSA) is 83.9 Å². The van der Waals surface area contributed by atoms with E-state index in [2.05, 4.69) is 32.4 Å². The highest BCUT2D eigenvalue weighted by atomic mass is 32.1. The molecule has 0 saturated carbocycles. The molecule has 1 atom stereocenters. The van der Waals surface area contributed by atoms with E-state index in [9.17, 15) is 4.79 Å². The number of nitrogens with one attached hydrogen (secondary N) is 1. The third kappa shape index (κ3) is 4.54. The van der Waals surface area contributed by atoms with Gasteiger partial charge in [0.25, 0.3) is 0 Å². The molecular formula is C14H20N6OS. The molecule has 2 heterocycles. The van der Waals surface area contributed by atoms with Gasteiger partial charge < -0.3 is 0 Å². The van der Waals surface area contributed by atoms with Gasteiger partial charge in [0, 0.05) is 18.7 Å². The molecule has 0 aliphatic heterocycles. The molecule has 7 nitrogen and oxygen atoms in total. The second-order valence-corrected chi connectivity index (χ2v) is 6.09. The number of aryl methyl sites for hydroxylation is 1. The van der Waals surface area contributed by atoms with Crippen LogP contribution in [0.1, 0.15) is 37.0 Å².